The topological polar surface area (TPSA) is 55.1 Å². The summed E-state index contributed by atoms with van der Waals surface area (Å²) >= 11 is 0. The molecule has 0 spiro atoms. The molecular formula is C16H21ClF2N2O. The number of hydrogen-bond donors (Lipinski definition) is 2. The lowest BCUT2D eigenvalue weighted by Gasteiger charge is -2.19. The molecule has 2 fully saturated rings. The van der Waals surface area contributed by atoms with E-state index in [2.05, 4.69) is 5.32 Å². The van der Waals surface area contributed by atoms with E-state index in [1.54, 1.807) is 0 Å². The number of hydrogen-bond acceptors (Lipinski definition) is 2. The molecule has 6 heteroatoms. The summed E-state index contributed by atoms with van der Waals surface area (Å²) in [5.74, 6) is -1.12. The summed E-state index contributed by atoms with van der Waals surface area (Å²) in [6.07, 6.45) is 3.75. The monoisotopic (exact) mass is 330 g/mol. The molecule has 2 aliphatic rings. The molecule has 0 bridgehead atoms. The van der Waals surface area contributed by atoms with Crippen LogP contribution in [0.3, 0.4) is 0 Å². The van der Waals surface area contributed by atoms with Crippen molar-refractivity contribution < 1.29 is 13.6 Å². The van der Waals surface area contributed by atoms with E-state index in [1.807, 2.05) is 0 Å². The highest BCUT2D eigenvalue weighted by atomic mass is 35.5. The van der Waals surface area contributed by atoms with Gasteiger partial charge in [-0.3, -0.25) is 4.79 Å². The number of halogens is 3. The highest BCUT2D eigenvalue weighted by Gasteiger charge is 2.46. The van der Waals surface area contributed by atoms with Gasteiger partial charge in [-0.1, -0.05) is 12.5 Å². The van der Waals surface area contributed by atoms with Crippen LogP contribution in [-0.2, 0) is 4.79 Å². The first-order valence-electron chi connectivity index (χ1n) is 7.55. The molecule has 122 valence electrons. The Bertz CT molecular complexity index is 555. The number of carbonyl (C=O) groups is 1. The van der Waals surface area contributed by atoms with Crippen LogP contribution >= 0.6 is 12.4 Å². The molecule has 3 rings (SSSR count). The molecule has 4 unspecified atom stereocenters. The van der Waals surface area contributed by atoms with Gasteiger partial charge in [-0.15, -0.1) is 12.4 Å². The van der Waals surface area contributed by atoms with Gasteiger partial charge in [0.2, 0.25) is 5.91 Å². The first-order chi connectivity index (χ1) is 10.1. The second-order valence-electron chi connectivity index (χ2n) is 6.16. The van der Waals surface area contributed by atoms with Crippen molar-refractivity contribution in [1.29, 1.82) is 0 Å². The Kier molecular flexibility index (Phi) is 5.40. The molecule has 0 radical (unpaired) electrons. The van der Waals surface area contributed by atoms with Crippen LogP contribution in [0.15, 0.2) is 18.2 Å². The Balaban J connectivity index is 0.00000176. The third-order valence-electron chi connectivity index (χ3n) is 4.78. The zero-order valence-electron chi connectivity index (χ0n) is 12.2. The molecule has 0 heterocycles. The smallest absolute Gasteiger partial charge is 0.223 e. The summed E-state index contributed by atoms with van der Waals surface area (Å²) in [5, 5.41) is 3.06. The molecule has 0 aromatic heterocycles. The lowest BCUT2D eigenvalue weighted by atomic mass is 10.0. The summed E-state index contributed by atoms with van der Waals surface area (Å²) in [6, 6.07) is 3.72. The predicted octanol–water partition coefficient (Wildman–Crippen LogP) is 2.73. The minimum Gasteiger partial charge on any atom is -0.353 e. The van der Waals surface area contributed by atoms with E-state index in [0.29, 0.717) is 24.4 Å². The van der Waals surface area contributed by atoms with Crippen molar-refractivity contribution >= 4 is 18.3 Å². The zero-order chi connectivity index (χ0) is 15.0. The van der Waals surface area contributed by atoms with Crippen molar-refractivity contribution in [3.05, 3.63) is 35.4 Å². The van der Waals surface area contributed by atoms with Gasteiger partial charge in [-0.05, 0) is 49.3 Å². The molecule has 3 N–H and O–H groups in total. The van der Waals surface area contributed by atoms with Gasteiger partial charge in [-0.25, -0.2) is 8.78 Å². The highest BCUT2D eigenvalue weighted by Crippen LogP contribution is 2.48. The molecular weight excluding hydrogens is 310 g/mol. The Morgan fingerprint density at radius 2 is 2.09 bits per heavy atom. The third-order valence-corrected chi connectivity index (χ3v) is 4.78. The van der Waals surface area contributed by atoms with Crippen molar-refractivity contribution in [3.8, 4) is 0 Å². The van der Waals surface area contributed by atoms with E-state index in [1.165, 1.54) is 12.1 Å². The Morgan fingerprint density at radius 3 is 2.77 bits per heavy atom. The van der Waals surface area contributed by atoms with E-state index in [9.17, 15) is 13.6 Å². The summed E-state index contributed by atoms with van der Waals surface area (Å²) in [7, 11) is 0. The van der Waals surface area contributed by atoms with Crippen LogP contribution in [0, 0.1) is 23.5 Å². The average Bonchev–Trinajstić information content (AvgIpc) is 3.11. The third kappa shape index (κ3) is 3.41. The molecule has 3 nitrogen and oxygen atoms in total. The van der Waals surface area contributed by atoms with Crippen LogP contribution in [0.25, 0.3) is 0 Å². The quantitative estimate of drug-likeness (QED) is 0.892. The molecule has 1 amide bonds. The normalized spacial score (nSPS) is 29.8. The van der Waals surface area contributed by atoms with Crippen molar-refractivity contribution in [3.63, 3.8) is 0 Å². The molecule has 1 aromatic rings. The minimum atomic E-state index is -0.588. The highest BCUT2D eigenvalue weighted by molar-refractivity contribution is 5.85. The molecule has 22 heavy (non-hydrogen) atoms. The van der Waals surface area contributed by atoms with Crippen LogP contribution in [0.1, 0.15) is 37.2 Å². The van der Waals surface area contributed by atoms with Gasteiger partial charge in [0.25, 0.3) is 0 Å². The van der Waals surface area contributed by atoms with Crippen LogP contribution in [0.5, 0.6) is 0 Å². The lowest BCUT2D eigenvalue weighted by molar-refractivity contribution is -0.123. The average molecular weight is 331 g/mol. The van der Waals surface area contributed by atoms with Crippen LogP contribution < -0.4 is 11.1 Å². The van der Waals surface area contributed by atoms with Gasteiger partial charge in [-0.2, -0.15) is 0 Å². The molecule has 2 saturated carbocycles. The number of nitrogens with one attached hydrogen (secondary N) is 1. The van der Waals surface area contributed by atoms with E-state index in [4.69, 9.17) is 5.73 Å². The maximum Gasteiger partial charge on any atom is 0.223 e. The maximum absolute atomic E-state index is 13.7. The first-order valence-corrected chi connectivity index (χ1v) is 7.55. The van der Waals surface area contributed by atoms with E-state index in [-0.39, 0.29) is 36.2 Å². The van der Waals surface area contributed by atoms with E-state index < -0.39 is 11.6 Å². The van der Waals surface area contributed by atoms with Gasteiger partial charge >= 0.3 is 0 Å². The van der Waals surface area contributed by atoms with Crippen LogP contribution in [0.4, 0.5) is 8.78 Å². The maximum atomic E-state index is 13.7. The molecule has 1 aromatic carbocycles. The summed E-state index contributed by atoms with van der Waals surface area (Å²) in [6.45, 7) is 0.589. The SMILES string of the molecule is Cl.NCC1CCCC1NC(=O)C1CC1c1ccc(F)cc1F. The van der Waals surface area contributed by atoms with Gasteiger partial charge in [0, 0.05) is 18.0 Å². The van der Waals surface area contributed by atoms with Crippen LogP contribution in [-0.4, -0.2) is 18.5 Å². The van der Waals surface area contributed by atoms with Crippen LogP contribution in [0.2, 0.25) is 0 Å². The number of benzene rings is 1. The summed E-state index contributed by atoms with van der Waals surface area (Å²) in [4.78, 5) is 12.2. The summed E-state index contributed by atoms with van der Waals surface area (Å²) < 4.78 is 26.6. The Hall–Kier alpha value is -1.20. The predicted molar refractivity (Wildman–Crippen MR) is 82.8 cm³/mol. The Morgan fingerprint density at radius 1 is 1.32 bits per heavy atom. The largest absolute Gasteiger partial charge is 0.353 e. The molecule has 0 aliphatic heterocycles. The van der Waals surface area contributed by atoms with Crippen molar-refractivity contribution in [2.24, 2.45) is 17.6 Å². The van der Waals surface area contributed by atoms with Gasteiger partial charge in [0.1, 0.15) is 11.6 Å². The number of amides is 1. The first kappa shape index (κ1) is 17.2. The second kappa shape index (κ2) is 6.92. The van der Waals surface area contributed by atoms with E-state index in [0.717, 1.165) is 25.3 Å². The standard InChI is InChI=1S/C16H20F2N2O.ClH/c17-10-4-5-11(14(18)6-10)12-7-13(12)16(21)20-15-3-1-2-9(15)8-19;/h4-6,9,12-13,15H,1-3,7-8,19H2,(H,20,21);1H. The molecule has 0 saturated heterocycles. The van der Waals surface area contributed by atoms with E-state index >= 15 is 0 Å². The van der Waals surface area contributed by atoms with Crippen molar-refractivity contribution in [2.75, 3.05) is 6.54 Å². The van der Waals surface area contributed by atoms with Crippen molar-refractivity contribution in [2.45, 2.75) is 37.6 Å². The fourth-order valence-corrected chi connectivity index (χ4v) is 3.43. The molecule has 2 aliphatic carbocycles. The fourth-order valence-electron chi connectivity index (χ4n) is 3.43. The molecule has 4 atom stereocenters. The summed E-state index contributed by atoms with van der Waals surface area (Å²) in [5.41, 5.74) is 6.15. The number of rotatable bonds is 4. The van der Waals surface area contributed by atoms with Gasteiger partial charge in [0.05, 0.1) is 0 Å². The number of carbonyl (C=O) groups excluding carboxylic acids is 1. The number of nitrogens with two attached hydrogens (primary N) is 1. The van der Waals surface area contributed by atoms with Gasteiger partial charge in [0.15, 0.2) is 0 Å². The van der Waals surface area contributed by atoms with Gasteiger partial charge < -0.3 is 11.1 Å². The second-order valence-corrected chi connectivity index (χ2v) is 6.16. The van der Waals surface area contributed by atoms with Crippen molar-refractivity contribution in [1.82, 2.24) is 5.32 Å². The Labute approximate surface area is 135 Å². The fraction of sp³-hybridized carbons (Fsp3) is 0.562. The lowest BCUT2D eigenvalue weighted by Crippen LogP contribution is -2.40. The minimum absolute atomic E-state index is 0. The zero-order valence-corrected chi connectivity index (χ0v) is 13.0.